The van der Waals surface area contributed by atoms with Gasteiger partial charge in [0.1, 0.15) is 0 Å². The highest BCUT2D eigenvalue weighted by Crippen LogP contribution is 2.65. The fourth-order valence-electron chi connectivity index (χ4n) is 4.65. The first-order valence-electron chi connectivity index (χ1n) is 8.13. The molecule has 3 unspecified atom stereocenters. The van der Waals surface area contributed by atoms with E-state index in [1.54, 1.807) is 5.57 Å². The Hall–Kier alpha value is -1.34. The summed E-state index contributed by atoms with van der Waals surface area (Å²) in [6.07, 6.45) is 18.2. The summed E-state index contributed by atoms with van der Waals surface area (Å²) in [5.41, 5.74) is 4.50. The minimum absolute atomic E-state index is 0.274. The molecule has 0 bridgehead atoms. The molecule has 3 aliphatic rings. The Labute approximate surface area is 129 Å². The Kier molecular flexibility index (Phi) is 3.07. The second kappa shape index (κ2) is 4.84. The van der Waals surface area contributed by atoms with Crippen molar-refractivity contribution >= 4 is 8.80 Å². The van der Waals surface area contributed by atoms with Gasteiger partial charge in [0.25, 0.3) is 0 Å². The van der Waals surface area contributed by atoms with Gasteiger partial charge in [0, 0.05) is 21.1 Å². The lowest BCUT2D eigenvalue weighted by atomic mass is 9.71. The third-order valence-corrected chi connectivity index (χ3v) is 8.46. The SMILES string of the molecule is C[SiH](C)C12[C]c3ccccc3C1C=CCC2C1=CC=CC1. The van der Waals surface area contributed by atoms with Crippen molar-refractivity contribution in [1.82, 2.24) is 0 Å². The van der Waals surface area contributed by atoms with E-state index in [0.717, 1.165) is 6.42 Å². The van der Waals surface area contributed by atoms with E-state index < -0.39 is 8.80 Å². The van der Waals surface area contributed by atoms with Crippen LogP contribution in [0, 0.1) is 12.3 Å². The standard InChI is InChI=1S/C20H22Si/c1-21(2)20-14-16-10-5-6-11-17(16)19(20)13-7-12-18(20)15-8-3-4-9-15/h3-8,10-11,13,18-19,21H,9,12H2,1-2H3. The molecule has 0 saturated carbocycles. The van der Waals surface area contributed by atoms with Crippen molar-refractivity contribution in [2.45, 2.75) is 36.9 Å². The first kappa shape index (κ1) is 13.3. The van der Waals surface area contributed by atoms with E-state index >= 15 is 0 Å². The Morgan fingerprint density at radius 3 is 2.81 bits per heavy atom. The zero-order valence-corrected chi connectivity index (χ0v) is 14.0. The Balaban J connectivity index is 1.85. The average molecular weight is 290 g/mol. The molecule has 0 spiro atoms. The second-order valence-electron chi connectivity index (χ2n) is 6.87. The number of allylic oxidation sites excluding steroid dienone is 6. The highest BCUT2D eigenvalue weighted by Gasteiger charge is 2.54. The fourth-order valence-corrected chi connectivity index (χ4v) is 7.26. The molecule has 0 amide bonds. The van der Waals surface area contributed by atoms with Gasteiger partial charge < -0.3 is 0 Å². The van der Waals surface area contributed by atoms with Crippen LogP contribution in [-0.2, 0) is 0 Å². The minimum Gasteiger partial charge on any atom is -0.0873 e. The number of benzene rings is 1. The van der Waals surface area contributed by atoms with E-state index in [2.05, 4.69) is 74.2 Å². The highest BCUT2D eigenvalue weighted by molar-refractivity contribution is 6.61. The molecule has 4 rings (SSSR count). The van der Waals surface area contributed by atoms with Gasteiger partial charge in [-0.25, -0.2) is 0 Å². The summed E-state index contributed by atoms with van der Waals surface area (Å²) < 4.78 is 0. The second-order valence-corrected chi connectivity index (χ2v) is 10.1. The summed E-state index contributed by atoms with van der Waals surface area (Å²) in [5.74, 6) is 1.21. The monoisotopic (exact) mass is 290 g/mol. The largest absolute Gasteiger partial charge is 0.0873 e. The van der Waals surface area contributed by atoms with Crippen LogP contribution < -0.4 is 0 Å². The van der Waals surface area contributed by atoms with Crippen molar-refractivity contribution < 1.29 is 0 Å². The van der Waals surface area contributed by atoms with Crippen LogP contribution in [0.4, 0.5) is 0 Å². The number of fused-ring (bicyclic) bond motifs is 3. The molecule has 0 saturated heterocycles. The molecule has 0 nitrogen and oxygen atoms in total. The third kappa shape index (κ3) is 1.80. The van der Waals surface area contributed by atoms with Crippen LogP contribution >= 0.6 is 0 Å². The highest BCUT2D eigenvalue weighted by atomic mass is 28.3. The normalized spacial score (nSPS) is 33.2. The Morgan fingerprint density at radius 2 is 2.05 bits per heavy atom. The van der Waals surface area contributed by atoms with Crippen LogP contribution in [0.2, 0.25) is 18.1 Å². The summed E-state index contributed by atoms with van der Waals surface area (Å²) in [6.45, 7) is 5.03. The Bertz CT molecular complexity index is 650. The molecule has 0 aromatic heterocycles. The molecule has 0 N–H and O–H groups in total. The lowest BCUT2D eigenvalue weighted by Gasteiger charge is -2.47. The molecule has 0 fully saturated rings. The summed E-state index contributed by atoms with van der Waals surface area (Å²) in [7, 11) is -0.915. The van der Waals surface area contributed by atoms with Crippen molar-refractivity contribution in [2.24, 2.45) is 5.92 Å². The first-order valence-corrected chi connectivity index (χ1v) is 11.0. The molecule has 1 aromatic carbocycles. The number of rotatable bonds is 2. The van der Waals surface area contributed by atoms with Gasteiger partial charge in [-0.15, -0.1) is 0 Å². The van der Waals surface area contributed by atoms with Gasteiger partial charge in [-0.3, -0.25) is 0 Å². The minimum atomic E-state index is -0.915. The van der Waals surface area contributed by atoms with Crippen molar-refractivity contribution in [3.8, 4) is 0 Å². The van der Waals surface area contributed by atoms with Gasteiger partial charge in [-0.1, -0.05) is 73.3 Å². The van der Waals surface area contributed by atoms with Gasteiger partial charge >= 0.3 is 0 Å². The molecule has 21 heavy (non-hydrogen) atoms. The molecule has 1 heteroatoms. The molecule has 0 heterocycles. The average Bonchev–Trinajstić information content (AvgIpc) is 3.12. The van der Waals surface area contributed by atoms with E-state index in [0.29, 0.717) is 11.8 Å². The van der Waals surface area contributed by atoms with Crippen LogP contribution in [0.3, 0.4) is 0 Å². The Morgan fingerprint density at radius 1 is 1.19 bits per heavy atom. The molecule has 2 radical (unpaired) electrons. The smallest absolute Gasteiger partial charge is 0.0403 e. The fraction of sp³-hybridized carbons (Fsp3) is 0.350. The molecular formula is C20H22Si. The summed E-state index contributed by atoms with van der Waals surface area (Å²) in [6, 6.07) is 8.93. The van der Waals surface area contributed by atoms with Crippen molar-refractivity contribution in [1.29, 1.82) is 0 Å². The van der Waals surface area contributed by atoms with Crippen molar-refractivity contribution in [3.05, 3.63) is 77.8 Å². The van der Waals surface area contributed by atoms with Gasteiger partial charge in [-0.05, 0) is 34.9 Å². The van der Waals surface area contributed by atoms with E-state index in [1.165, 1.54) is 17.5 Å². The van der Waals surface area contributed by atoms with Crippen LogP contribution in [0.5, 0.6) is 0 Å². The lowest BCUT2D eigenvalue weighted by molar-refractivity contribution is 0.408. The maximum absolute atomic E-state index is 4.02. The van der Waals surface area contributed by atoms with E-state index in [-0.39, 0.29) is 5.04 Å². The molecule has 1 aromatic rings. The van der Waals surface area contributed by atoms with Gasteiger partial charge in [0.05, 0.1) is 0 Å². The summed E-state index contributed by atoms with van der Waals surface area (Å²) in [5, 5.41) is 0.274. The summed E-state index contributed by atoms with van der Waals surface area (Å²) >= 11 is 0. The van der Waals surface area contributed by atoms with Crippen molar-refractivity contribution in [3.63, 3.8) is 0 Å². The van der Waals surface area contributed by atoms with Crippen LogP contribution in [0.15, 0.2) is 60.2 Å². The quantitative estimate of drug-likeness (QED) is 0.536. The zero-order chi connectivity index (χ0) is 14.4. The molecule has 106 valence electrons. The first-order chi connectivity index (χ1) is 10.2. The predicted molar refractivity (Wildman–Crippen MR) is 92.2 cm³/mol. The van der Waals surface area contributed by atoms with E-state index in [4.69, 9.17) is 0 Å². The molecule has 3 aliphatic carbocycles. The number of hydrogen-bond donors (Lipinski definition) is 0. The van der Waals surface area contributed by atoms with Crippen LogP contribution in [0.1, 0.15) is 29.9 Å². The predicted octanol–water partition coefficient (Wildman–Crippen LogP) is 4.90. The van der Waals surface area contributed by atoms with E-state index in [1.807, 2.05) is 0 Å². The topological polar surface area (TPSA) is 0 Å². The van der Waals surface area contributed by atoms with Crippen LogP contribution in [0.25, 0.3) is 0 Å². The maximum Gasteiger partial charge on any atom is 0.0403 e. The molecular weight excluding hydrogens is 268 g/mol. The molecule has 0 aliphatic heterocycles. The zero-order valence-electron chi connectivity index (χ0n) is 12.8. The van der Waals surface area contributed by atoms with Gasteiger partial charge in [0.2, 0.25) is 0 Å². The maximum atomic E-state index is 4.02. The van der Waals surface area contributed by atoms with Crippen LogP contribution in [-0.4, -0.2) is 8.80 Å². The molecule has 3 atom stereocenters. The van der Waals surface area contributed by atoms with E-state index in [9.17, 15) is 0 Å². The van der Waals surface area contributed by atoms with Gasteiger partial charge in [-0.2, -0.15) is 0 Å². The van der Waals surface area contributed by atoms with Gasteiger partial charge in [0.15, 0.2) is 0 Å². The summed E-state index contributed by atoms with van der Waals surface area (Å²) in [4.78, 5) is 0. The number of hydrogen-bond acceptors (Lipinski definition) is 0. The third-order valence-electron chi connectivity index (χ3n) is 5.64. The lowest BCUT2D eigenvalue weighted by Crippen LogP contribution is -2.39. The van der Waals surface area contributed by atoms with Crippen molar-refractivity contribution in [2.75, 3.05) is 0 Å².